The van der Waals surface area contributed by atoms with Crippen molar-refractivity contribution < 1.29 is 114 Å². The zero-order valence-corrected chi connectivity index (χ0v) is 71.5. The van der Waals surface area contributed by atoms with E-state index in [1.54, 1.807) is 51.4 Å². The van der Waals surface area contributed by atoms with Crippen molar-refractivity contribution >= 4 is 104 Å². The van der Waals surface area contributed by atoms with Gasteiger partial charge in [0.15, 0.2) is 67.2 Å². The predicted molar refractivity (Wildman–Crippen MR) is 436 cm³/mol. The van der Waals surface area contributed by atoms with Gasteiger partial charge in [-0.05, 0) is 158 Å². The van der Waals surface area contributed by atoms with E-state index in [-0.39, 0.29) is 74.4 Å². The first-order chi connectivity index (χ1) is 57.4. The Bertz CT molecular complexity index is 5000. The smallest absolute Gasteiger partial charge is 0.328 e. The number of H-pyrrole nitrogens is 3. The summed E-state index contributed by atoms with van der Waals surface area (Å²) in [5.41, 5.74) is 1.30. The molecule has 0 bridgehead atoms. The molecule has 121 heavy (non-hydrogen) atoms. The second kappa shape index (κ2) is 35.3. The maximum absolute atomic E-state index is 16.1. The second-order valence-corrected chi connectivity index (χ2v) is 35.7. The van der Waals surface area contributed by atoms with Crippen LogP contribution in [0.2, 0.25) is 0 Å². The molecule has 5 heterocycles. The highest BCUT2D eigenvalue weighted by Gasteiger charge is 2.71. The molecule has 22 atom stereocenters. The average molecular weight is 1680 g/mol. The molecule has 3 amide bonds. The lowest BCUT2D eigenvalue weighted by atomic mass is 9.33. The first-order valence-electron chi connectivity index (χ1n) is 42.2. The van der Waals surface area contributed by atoms with Gasteiger partial charge >= 0.3 is 47.8 Å². The molecule has 0 spiro atoms. The van der Waals surface area contributed by atoms with Gasteiger partial charge in [-0.15, -0.1) is 0 Å². The Hall–Kier alpha value is -10.3. The number of benzene rings is 3. The third-order valence-electron chi connectivity index (χ3n) is 27.6. The highest BCUT2D eigenvalue weighted by atomic mass is 16.8. The Kier molecular flexibility index (Phi) is 25.8. The molecule has 30 nitrogen and oxygen atoms in total. The van der Waals surface area contributed by atoms with Gasteiger partial charge < -0.3 is 87.7 Å². The fraction of sp³-hybridized carbons (Fsp3) is 0.582. The Morgan fingerprint density at radius 3 is 1.32 bits per heavy atom. The number of para-hydroxylation sites is 3. The van der Waals surface area contributed by atoms with E-state index in [0.717, 1.165) is 80.4 Å². The van der Waals surface area contributed by atoms with Gasteiger partial charge in [0.25, 0.3) is 11.8 Å². The Morgan fingerprint density at radius 2 is 0.876 bits per heavy atom. The molecule has 2 aliphatic heterocycles. The standard InChI is InChI=1S/C91H114N6O24/c1-16-110-80(106)63(39-52-44-92-60-28-22-19-25-55(52)60)95-78(104)73-70(114-48(5)99)72(116-50(7)101)76(121-84-75(117-51(8)102)71(115-49(6)100)69(113-47(4)98)74(120-84)79(105)96-64(81(107)111-17-2)40-53-45-93-61-29-23-20-26-56(53)61)83(119-73)118-68-32-33-89(13)67(86(68,9)10)31-34-91(15)77(89)66(103)42-58-59-43-88(12,36-35-87(59,11)37-38-90(58,91)14)85(109)97-65(82(108)112-18-3)41-54-46-94-62-30-24-21-27-57(54)62/h19-30,42,44-46,59,63-65,67-77,83-84,92-94H,16-18,31-41,43H2,1-15H3,(H,95,104)(H,96,105)(H,97,109)/t59?,63?,64?,65?,67?,68?,69?,70?,71?,72?,73?,74?,75?,76?,77?,83?,84?,87-,88+,89+,90-,91-/m1/s1. The summed E-state index contributed by atoms with van der Waals surface area (Å²) >= 11 is 0. The molecule has 0 radical (unpaired) electrons. The van der Waals surface area contributed by atoms with Crippen molar-refractivity contribution in [3.63, 3.8) is 0 Å². The number of carbonyl (C=O) groups excluding carboxylic acids is 12. The quantitative estimate of drug-likeness (QED) is 0.0158. The van der Waals surface area contributed by atoms with E-state index in [9.17, 15) is 38.4 Å². The van der Waals surface area contributed by atoms with Crippen molar-refractivity contribution in [2.24, 2.45) is 50.2 Å². The van der Waals surface area contributed by atoms with Crippen LogP contribution in [0.25, 0.3) is 32.7 Å². The van der Waals surface area contributed by atoms with Crippen LogP contribution >= 0.6 is 0 Å². The Balaban J connectivity index is 0.860. The van der Waals surface area contributed by atoms with Gasteiger partial charge in [0.1, 0.15) is 18.1 Å². The molecule has 652 valence electrons. The number of aromatic nitrogens is 3. The number of rotatable bonds is 27. The first kappa shape index (κ1) is 88.5. The lowest BCUT2D eigenvalue weighted by Gasteiger charge is -2.70. The number of amides is 3. The molecular formula is C91H114N6O24. The van der Waals surface area contributed by atoms with Crippen LogP contribution in [0.5, 0.6) is 0 Å². The van der Waals surface area contributed by atoms with Crippen molar-refractivity contribution in [1.82, 2.24) is 30.9 Å². The molecule has 17 unspecified atom stereocenters. The van der Waals surface area contributed by atoms with Gasteiger partial charge in [0.05, 0.1) is 25.9 Å². The molecule has 3 aromatic carbocycles. The van der Waals surface area contributed by atoms with Crippen molar-refractivity contribution in [2.75, 3.05) is 19.8 Å². The lowest BCUT2D eigenvalue weighted by molar-refractivity contribution is -0.370. The minimum Gasteiger partial charge on any atom is -0.464 e. The third kappa shape index (κ3) is 17.4. The van der Waals surface area contributed by atoms with Crippen molar-refractivity contribution in [3.05, 3.63) is 120 Å². The van der Waals surface area contributed by atoms with Crippen LogP contribution in [-0.4, -0.2) is 192 Å². The maximum Gasteiger partial charge on any atom is 0.328 e. The van der Waals surface area contributed by atoms with Crippen molar-refractivity contribution in [1.29, 1.82) is 0 Å². The first-order valence-corrected chi connectivity index (χ1v) is 42.2. The molecule has 5 aliphatic carbocycles. The van der Waals surface area contributed by atoms with Crippen molar-refractivity contribution in [3.8, 4) is 0 Å². The van der Waals surface area contributed by atoms with Crippen LogP contribution in [0.15, 0.2) is 103 Å². The Labute approximate surface area is 702 Å². The summed E-state index contributed by atoms with van der Waals surface area (Å²) in [4.78, 5) is 183. The number of allylic oxidation sites excluding steroid dienone is 2. The van der Waals surface area contributed by atoms with Crippen LogP contribution in [0, 0.1) is 50.2 Å². The second-order valence-electron chi connectivity index (χ2n) is 35.7. The van der Waals surface area contributed by atoms with Gasteiger partial charge in [-0.3, -0.25) is 43.2 Å². The van der Waals surface area contributed by atoms with E-state index < -0.39 is 178 Å². The van der Waals surface area contributed by atoms with E-state index in [2.05, 4.69) is 58.6 Å². The minimum absolute atomic E-state index is 0.0283. The molecule has 13 rings (SSSR count). The summed E-state index contributed by atoms with van der Waals surface area (Å²) in [6, 6.07) is 18.4. The summed E-state index contributed by atoms with van der Waals surface area (Å²) in [5, 5.41) is 11.0. The maximum atomic E-state index is 16.1. The van der Waals surface area contributed by atoms with Crippen LogP contribution in [0.3, 0.4) is 0 Å². The number of esters is 8. The molecule has 7 aliphatic rings. The van der Waals surface area contributed by atoms with Crippen LogP contribution in [0.1, 0.15) is 178 Å². The monoisotopic (exact) mass is 1670 g/mol. The van der Waals surface area contributed by atoms with Crippen LogP contribution in [-0.2, 0) is 134 Å². The van der Waals surface area contributed by atoms with Gasteiger partial charge in [-0.2, -0.15) is 0 Å². The highest BCUT2D eigenvalue weighted by Crippen LogP contribution is 2.75. The van der Waals surface area contributed by atoms with E-state index >= 15 is 19.2 Å². The van der Waals surface area contributed by atoms with E-state index in [0.29, 0.717) is 60.6 Å². The van der Waals surface area contributed by atoms with Crippen LogP contribution < -0.4 is 16.0 Å². The lowest BCUT2D eigenvalue weighted by Crippen LogP contribution is -2.70. The largest absolute Gasteiger partial charge is 0.464 e. The number of fused-ring (bicyclic) bond motifs is 10. The molecule has 2 saturated heterocycles. The zero-order valence-electron chi connectivity index (χ0n) is 71.5. The summed E-state index contributed by atoms with van der Waals surface area (Å²) < 4.78 is 74.7. The van der Waals surface area contributed by atoms with E-state index in [1.807, 2.05) is 87.6 Å². The summed E-state index contributed by atoms with van der Waals surface area (Å²) in [7, 11) is 0. The van der Waals surface area contributed by atoms with Gasteiger partial charge in [0.2, 0.25) is 5.91 Å². The number of ketones is 1. The summed E-state index contributed by atoms with van der Waals surface area (Å²) in [5.74, 6) is -11.1. The number of nitrogens with one attached hydrogen (secondary N) is 6. The minimum atomic E-state index is -2.24. The molecule has 6 aromatic rings. The molecule has 30 heteroatoms. The van der Waals surface area contributed by atoms with Crippen LogP contribution in [0.4, 0.5) is 0 Å². The molecule has 6 fully saturated rings. The number of ether oxygens (including phenoxy) is 12. The molecular weight excluding hydrogens is 1560 g/mol. The molecule has 6 N–H and O–H groups in total. The third-order valence-corrected chi connectivity index (χ3v) is 27.6. The SMILES string of the molecule is CCOC(=O)C(Cc1c[nH]c2ccccc12)NC(=O)C1OC(OC2C(OC3CC[C@@]4(C)C(CC[C@]5(C)C4C(=O)C=C4C6C[C@@](C)(C(=O)NC(Cc7c[nH]c8ccccc78)C(=O)OCC)CC[C@]6(C)CC[C@]45C)C3(C)C)OC(C(=O)NC(Cc3c[nH]c4ccccc34)C(=O)OCC)C(OC(C)=O)C2OC(C)=O)C(OC(C)=O)C(OC(C)=O)C1OC(C)=O. The van der Waals surface area contributed by atoms with Crippen molar-refractivity contribution in [2.45, 2.75) is 267 Å². The number of hydrogen-bond acceptors (Lipinski definition) is 24. The van der Waals surface area contributed by atoms with E-state index in [1.165, 1.54) is 0 Å². The van der Waals surface area contributed by atoms with Gasteiger partial charge in [-0.25, -0.2) is 14.4 Å². The van der Waals surface area contributed by atoms with Gasteiger partial charge in [0, 0.05) is 117 Å². The Morgan fingerprint density at radius 1 is 0.471 bits per heavy atom. The number of aromatic amines is 3. The summed E-state index contributed by atoms with van der Waals surface area (Å²) in [6.07, 6.45) is -9.64. The molecule has 4 saturated carbocycles. The highest BCUT2D eigenvalue weighted by molar-refractivity contribution is 5.97. The van der Waals surface area contributed by atoms with E-state index in [4.69, 9.17) is 56.8 Å². The number of hydrogen-bond donors (Lipinski definition) is 6. The summed E-state index contributed by atoms with van der Waals surface area (Å²) in [6.45, 7) is 24.8. The zero-order chi connectivity index (χ0) is 87.2. The molecule has 3 aromatic heterocycles. The predicted octanol–water partition coefficient (Wildman–Crippen LogP) is 10.2. The van der Waals surface area contributed by atoms with Gasteiger partial charge in [-0.1, -0.05) is 109 Å². The fourth-order valence-electron chi connectivity index (χ4n) is 21.6. The fourth-order valence-corrected chi connectivity index (χ4v) is 21.6. The average Bonchev–Trinajstić information content (AvgIpc) is 0.976. The topological polar surface area (TPSA) is 399 Å². The normalized spacial score (nSPS) is 31.7. The number of carbonyl (C=O) groups is 12.